The Morgan fingerprint density at radius 1 is 1.27 bits per heavy atom. The Hall–Kier alpha value is -4.39. The highest BCUT2D eigenvalue weighted by atomic mass is 32.1. The minimum atomic E-state index is -0.352. The first kappa shape index (κ1) is 28.1. The number of benzene rings is 1. The minimum absolute atomic E-state index is 0.235. The number of likely N-dealkylation sites (tertiary alicyclic amines) is 1. The SMILES string of the molecule is C/C=C\c1nc(CC)c(N(C)c2nc(-c3ccc(F)cc3)c(C#N)s2)n1C=NC(=NC)N1CC(NC2(C#N)CC2)C1. The van der Waals surface area contributed by atoms with Gasteiger partial charge in [-0.15, -0.1) is 0 Å². The van der Waals surface area contributed by atoms with Gasteiger partial charge in [0, 0.05) is 38.8 Å². The van der Waals surface area contributed by atoms with Crippen LogP contribution >= 0.6 is 11.3 Å². The van der Waals surface area contributed by atoms with Crippen LogP contribution in [0.3, 0.4) is 0 Å². The molecule has 0 radical (unpaired) electrons. The number of hydrogen-bond donors (Lipinski definition) is 1. The molecule has 0 unspecified atom stereocenters. The number of nitriles is 2. The van der Waals surface area contributed by atoms with E-state index < -0.39 is 0 Å². The molecule has 12 heteroatoms. The molecule has 0 spiro atoms. The van der Waals surface area contributed by atoms with Gasteiger partial charge in [0.1, 0.15) is 46.0 Å². The number of guanidine groups is 1. The van der Waals surface area contributed by atoms with Crippen molar-refractivity contribution in [2.24, 2.45) is 9.98 Å². The van der Waals surface area contributed by atoms with Crippen molar-refractivity contribution in [2.45, 2.75) is 44.7 Å². The predicted molar refractivity (Wildman–Crippen MR) is 160 cm³/mol. The van der Waals surface area contributed by atoms with E-state index in [0.717, 1.165) is 37.4 Å². The Morgan fingerprint density at radius 2 is 2.00 bits per heavy atom. The lowest BCUT2D eigenvalue weighted by Crippen LogP contribution is -2.62. The molecule has 41 heavy (non-hydrogen) atoms. The third kappa shape index (κ3) is 5.62. The van der Waals surface area contributed by atoms with Crippen LogP contribution in [-0.2, 0) is 6.42 Å². The summed E-state index contributed by atoms with van der Waals surface area (Å²) in [7, 11) is 3.60. The lowest BCUT2D eigenvalue weighted by Gasteiger charge is -2.41. The summed E-state index contributed by atoms with van der Waals surface area (Å²) in [5, 5.41) is 23.3. The van der Waals surface area contributed by atoms with Crippen LogP contribution in [0.25, 0.3) is 17.3 Å². The fourth-order valence-corrected chi connectivity index (χ4v) is 5.66. The standard InChI is InChI=1S/C29H31FN10S/c1-5-7-24-35-22(6-2)26(38(4)28-36-25(23(14-31)41-28)19-8-10-20(30)11-9-19)40(24)18-34-27(33-3)39-15-21(16-39)37-29(17-32)12-13-29/h5,7-11,18,21,37H,6,12-13,15-16H2,1-4H3/b7-5-,33-27?,34-18?. The monoisotopic (exact) mass is 570 g/mol. The van der Waals surface area contributed by atoms with E-state index in [1.54, 1.807) is 25.5 Å². The zero-order chi connectivity index (χ0) is 29.1. The first-order chi connectivity index (χ1) is 19.8. The van der Waals surface area contributed by atoms with Crippen LogP contribution in [0.4, 0.5) is 15.3 Å². The normalized spacial score (nSPS) is 16.7. The molecule has 10 nitrogen and oxygen atoms in total. The van der Waals surface area contributed by atoms with Crippen molar-refractivity contribution in [1.29, 1.82) is 10.5 Å². The number of halogens is 1. The van der Waals surface area contributed by atoms with Gasteiger partial charge in [-0.25, -0.2) is 19.4 Å². The van der Waals surface area contributed by atoms with Gasteiger partial charge < -0.3 is 9.80 Å². The minimum Gasteiger partial charge on any atom is -0.338 e. The van der Waals surface area contributed by atoms with Gasteiger partial charge in [0.05, 0.1) is 11.8 Å². The maximum absolute atomic E-state index is 13.5. The molecule has 1 saturated carbocycles. The fourth-order valence-electron chi connectivity index (χ4n) is 4.81. The summed E-state index contributed by atoms with van der Waals surface area (Å²) >= 11 is 1.26. The summed E-state index contributed by atoms with van der Waals surface area (Å²) in [6.07, 6.45) is 8.02. The Balaban J connectivity index is 1.44. The summed E-state index contributed by atoms with van der Waals surface area (Å²) in [6, 6.07) is 10.8. The molecule has 0 atom stereocenters. The average Bonchev–Trinajstić information content (AvgIpc) is 3.47. The Labute approximate surface area is 242 Å². The highest BCUT2D eigenvalue weighted by molar-refractivity contribution is 7.16. The zero-order valence-electron chi connectivity index (χ0n) is 23.5. The molecule has 1 aliphatic carbocycles. The van der Waals surface area contributed by atoms with E-state index in [1.165, 1.54) is 23.5 Å². The molecule has 1 aromatic carbocycles. The number of aliphatic imine (C=N–C) groups is 2. The van der Waals surface area contributed by atoms with E-state index in [-0.39, 0.29) is 17.4 Å². The molecule has 2 aliphatic rings. The van der Waals surface area contributed by atoms with Gasteiger partial charge in [-0.05, 0) is 56.5 Å². The number of anilines is 2. The smallest absolute Gasteiger partial charge is 0.221 e. The van der Waals surface area contributed by atoms with Gasteiger partial charge in [-0.3, -0.25) is 14.9 Å². The summed E-state index contributed by atoms with van der Waals surface area (Å²) < 4.78 is 15.4. The number of imidazole rings is 1. The molecule has 1 saturated heterocycles. The van der Waals surface area contributed by atoms with Gasteiger partial charge in [0.15, 0.2) is 5.13 Å². The van der Waals surface area contributed by atoms with Crippen molar-refractivity contribution in [1.82, 2.24) is 24.8 Å². The Bertz CT molecular complexity index is 1590. The first-order valence-electron chi connectivity index (χ1n) is 13.4. The molecule has 5 rings (SSSR count). The fraction of sp³-hybridized carbons (Fsp3) is 0.379. The van der Waals surface area contributed by atoms with Crippen LogP contribution in [-0.4, -0.2) is 70.5 Å². The van der Waals surface area contributed by atoms with Crippen molar-refractivity contribution < 1.29 is 4.39 Å². The van der Waals surface area contributed by atoms with E-state index in [2.05, 4.69) is 27.3 Å². The Kier molecular flexibility index (Phi) is 7.97. The predicted octanol–water partition coefficient (Wildman–Crippen LogP) is 4.57. The summed E-state index contributed by atoms with van der Waals surface area (Å²) in [6.45, 7) is 5.43. The molecule has 2 aromatic heterocycles. The van der Waals surface area contributed by atoms with Crippen molar-refractivity contribution in [3.05, 3.63) is 52.6 Å². The van der Waals surface area contributed by atoms with Crippen molar-refractivity contribution in [3.63, 3.8) is 0 Å². The van der Waals surface area contributed by atoms with Crippen LogP contribution in [0.15, 0.2) is 40.3 Å². The maximum Gasteiger partial charge on any atom is 0.221 e. The van der Waals surface area contributed by atoms with Gasteiger partial charge in [-0.1, -0.05) is 24.3 Å². The number of aromatic nitrogens is 3. The second-order valence-electron chi connectivity index (χ2n) is 10.0. The van der Waals surface area contributed by atoms with E-state index in [4.69, 9.17) is 15.0 Å². The van der Waals surface area contributed by atoms with E-state index in [9.17, 15) is 14.9 Å². The average molecular weight is 571 g/mol. The number of allylic oxidation sites excluding steroid dienone is 1. The number of nitrogens with one attached hydrogen (secondary N) is 1. The number of thiazole rings is 1. The second-order valence-corrected chi connectivity index (χ2v) is 11.0. The number of aryl methyl sites for hydroxylation is 1. The van der Waals surface area contributed by atoms with E-state index >= 15 is 0 Å². The van der Waals surface area contributed by atoms with Crippen LogP contribution < -0.4 is 10.2 Å². The summed E-state index contributed by atoms with van der Waals surface area (Å²) in [5.41, 5.74) is 1.68. The molecule has 210 valence electrons. The largest absolute Gasteiger partial charge is 0.338 e. The van der Waals surface area contributed by atoms with E-state index in [1.807, 2.05) is 42.5 Å². The summed E-state index contributed by atoms with van der Waals surface area (Å²) in [4.78, 5) is 23.2. The highest BCUT2D eigenvalue weighted by Gasteiger charge is 2.46. The quantitative estimate of drug-likeness (QED) is 0.311. The third-order valence-electron chi connectivity index (χ3n) is 7.17. The third-order valence-corrected chi connectivity index (χ3v) is 8.21. The number of hydrogen-bond acceptors (Lipinski definition) is 8. The summed E-state index contributed by atoms with van der Waals surface area (Å²) in [5.74, 6) is 1.72. The molecule has 3 heterocycles. The zero-order valence-corrected chi connectivity index (χ0v) is 24.3. The van der Waals surface area contributed by atoms with Crippen molar-refractivity contribution in [3.8, 4) is 23.4 Å². The second kappa shape index (κ2) is 11.6. The van der Waals surface area contributed by atoms with Crippen LogP contribution in [0.2, 0.25) is 0 Å². The molecule has 1 N–H and O–H groups in total. The van der Waals surface area contributed by atoms with Gasteiger partial charge in [0.25, 0.3) is 0 Å². The van der Waals surface area contributed by atoms with Gasteiger partial charge >= 0.3 is 0 Å². The molecule has 3 aromatic rings. The van der Waals surface area contributed by atoms with Crippen LogP contribution in [0, 0.1) is 28.5 Å². The topological polar surface area (TPSA) is 122 Å². The van der Waals surface area contributed by atoms with Crippen LogP contribution in [0.5, 0.6) is 0 Å². The van der Waals surface area contributed by atoms with E-state index in [0.29, 0.717) is 39.5 Å². The molecule has 0 amide bonds. The number of nitrogens with zero attached hydrogens (tertiary/aromatic N) is 9. The first-order valence-corrected chi connectivity index (χ1v) is 14.3. The molecule has 2 fully saturated rings. The maximum atomic E-state index is 13.5. The van der Waals surface area contributed by atoms with Gasteiger partial charge in [-0.2, -0.15) is 10.5 Å². The highest BCUT2D eigenvalue weighted by Crippen LogP contribution is 2.37. The molecule has 0 bridgehead atoms. The van der Waals surface area contributed by atoms with Crippen molar-refractivity contribution >= 4 is 40.7 Å². The molecular weight excluding hydrogens is 539 g/mol. The molecular formula is C29H31FN10S. The van der Waals surface area contributed by atoms with Gasteiger partial charge in [0.2, 0.25) is 5.96 Å². The lowest BCUT2D eigenvalue weighted by molar-refractivity contribution is 0.202. The lowest BCUT2D eigenvalue weighted by atomic mass is 10.1. The number of rotatable bonds is 8. The van der Waals surface area contributed by atoms with Crippen LogP contribution in [0.1, 0.15) is 43.1 Å². The molecule has 1 aliphatic heterocycles. The Morgan fingerprint density at radius 3 is 2.59 bits per heavy atom. The van der Waals surface area contributed by atoms with Crippen molar-refractivity contribution in [2.75, 3.05) is 32.1 Å².